The highest BCUT2D eigenvalue weighted by Gasteiger charge is 2.16. The number of fused-ring (bicyclic) bond motifs is 1. The Hall–Kier alpha value is -1.39. The summed E-state index contributed by atoms with van der Waals surface area (Å²) >= 11 is 0. The molecule has 0 aromatic carbocycles. The van der Waals surface area contributed by atoms with Crippen LogP contribution in [0, 0.1) is 0 Å². The number of aromatic nitrogens is 2. The van der Waals surface area contributed by atoms with E-state index >= 15 is 0 Å². The van der Waals surface area contributed by atoms with Crippen molar-refractivity contribution in [1.82, 2.24) is 14.9 Å². The van der Waals surface area contributed by atoms with E-state index in [-0.39, 0.29) is 0 Å². The van der Waals surface area contributed by atoms with Crippen LogP contribution in [-0.2, 0) is 17.8 Å². The minimum absolute atomic E-state index is 0.434. The van der Waals surface area contributed by atoms with Gasteiger partial charge in [-0.05, 0) is 37.0 Å². The molecule has 4 nitrogen and oxygen atoms in total. The Morgan fingerprint density at radius 2 is 2.38 bits per heavy atom. The van der Waals surface area contributed by atoms with Crippen molar-refractivity contribution in [3.05, 3.63) is 30.1 Å². The lowest BCUT2D eigenvalue weighted by molar-refractivity contribution is 0.101. The first-order valence-electron chi connectivity index (χ1n) is 8.02. The van der Waals surface area contributed by atoms with E-state index in [1.165, 1.54) is 23.8 Å². The molecule has 21 heavy (non-hydrogen) atoms. The van der Waals surface area contributed by atoms with Crippen molar-refractivity contribution in [2.75, 3.05) is 6.61 Å². The lowest BCUT2D eigenvalue weighted by atomic mass is 10.2. The molecule has 2 aromatic rings. The molecule has 1 atom stereocenters. The molecule has 3 rings (SSSR count). The summed E-state index contributed by atoms with van der Waals surface area (Å²) in [7, 11) is 0. The number of nitrogens with one attached hydrogen (secondary N) is 1. The molecule has 1 saturated heterocycles. The first kappa shape index (κ1) is 14.5. The lowest BCUT2D eigenvalue weighted by Crippen LogP contribution is -2.21. The van der Waals surface area contributed by atoms with Gasteiger partial charge in [-0.1, -0.05) is 13.8 Å². The molecular weight excluding hydrogens is 262 g/mol. The third-order valence-electron chi connectivity index (χ3n) is 4.13. The maximum atomic E-state index is 5.73. The van der Waals surface area contributed by atoms with Gasteiger partial charge in [-0.15, -0.1) is 0 Å². The Labute approximate surface area is 126 Å². The number of aryl methyl sites for hydroxylation is 1. The summed E-state index contributed by atoms with van der Waals surface area (Å²) in [5.74, 6) is 0. The minimum Gasteiger partial charge on any atom is -0.378 e. The maximum Gasteiger partial charge on any atom is 0.140 e. The summed E-state index contributed by atoms with van der Waals surface area (Å²) in [5, 5.41) is 4.76. The van der Waals surface area contributed by atoms with Crippen LogP contribution in [-0.4, -0.2) is 28.3 Å². The van der Waals surface area contributed by atoms with E-state index in [4.69, 9.17) is 4.74 Å². The average Bonchev–Trinajstić information content (AvgIpc) is 3.11. The first-order chi connectivity index (χ1) is 10.2. The van der Waals surface area contributed by atoms with Crippen LogP contribution in [0.1, 0.15) is 38.7 Å². The van der Waals surface area contributed by atoms with E-state index in [9.17, 15) is 0 Å². The Morgan fingerprint density at radius 1 is 1.48 bits per heavy atom. The molecule has 0 bridgehead atoms. The van der Waals surface area contributed by atoms with Gasteiger partial charge in [0.15, 0.2) is 0 Å². The molecule has 1 aliphatic rings. The van der Waals surface area contributed by atoms with Crippen LogP contribution in [0.25, 0.3) is 11.0 Å². The SMILES string of the molecule is CC(C)NCc1cn(CCC2CCCO2)c2ncccc12. The lowest BCUT2D eigenvalue weighted by Gasteiger charge is -2.10. The van der Waals surface area contributed by atoms with Crippen molar-refractivity contribution in [3.63, 3.8) is 0 Å². The quantitative estimate of drug-likeness (QED) is 0.887. The molecule has 1 unspecified atom stereocenters. The largest absolute Gasteiger partial charge is 0.378 e. The average molecular weight is 287 g/mol. The van der Waals surface area contributed by atoms with Gasteiger partial charge >= 0.3 is 0 Å². The molecule has 1 aliphatic heterocycles. The van der Waals surface area contributed by atoms with Crippen molar-refractivity contribution >= 4 is 11.0 Å². The maximum absolute atomic E-state index is 5.73. The fraction of sp³-hybridized carbons (Fsp3) is 0.588. The summed E-state index contributed by atoms with van der Waals surface area (Å²) in [4.78, 5) is 4.57. The highest BCUT2D eigenvalue weighted by molar-refractivity contribution is 5.80. The van der Waals surface area contributed by atoms with Crippen molar-refractivity contribution in [3.8, 4) is 0 Å². The molecule has 3 heterocycles. The second kappa shape index (κ2) is 6.58. The van der Waals surface area contributed by atoms with Crippen LogP contribution in [0.2, 0.25) is 0 Å². The number of hydrogen-bond donors (Lipinski definition) is 1. The Kier molecular flexibility index (Phi) is 4.56. The van der Waals surface area contributed by atoms with Crippen molar-refractivity contribution in [1.29, 1.82) is 0 Å². The summed E-state index contributed by atoms with van der Waals surface area (Å²) in [6.45, 7) is 7.16. The molecule has 1 N–H and O–H groups in total. The van der Waals surface area contributed by atoms with E-state index in [1.807, 2.05) is 12.3 Å². The van der Waals surface area contributed by atoms with Crippen LogP contribution in [0.4, 0.5) is 0 Å². The minimum atomic E-state index is 0.434. The van der Waals surface area contributed by atoms with E-state index in [0.29, 0.717) is 12.1 Å². The molecular formula is C17H25N3O. The van der Waals surface area contributed by atoms with Gasteiger partial charge in [0.1, 0.15) is 5.65 Å². The van der Waals surface area contributed by atoms with E-state index in [1.54, 1.807) is 0 Å². The number of hydrogen-bond acceptors (Lipinski definition) is 3. The van der Waals surface area contributed by atoms with Crippen LogP contribution >= 0.6 is 0 Å². The van der Waals surface area contributed by atoms with Gasteiger partial charge in [-0.25, -0.2) is 4.98 Å². The third-order valence-corrected chi connectivity index (χ3v) is 4.13. The molecule has 1 fully saturated rings. The smallest absolute Gasteiger partial charge is 0.140 e. The van der Waals surface area contributed by atoms with Crippen molar-refractivity contribution < 1.29 is 4.74 Å². The first-order valence-corrected chi connectivity index (χ1v) is 8.02. The normalized spacial score (nSPS) is 18.9. The summed E-state index contributed by atoms with van der Waals surface area (Å²) in [6, 6.07) is 4.68. The van der Waals surface area contributed by atoms with Crippen LogP contribution < -0.4 is 5.32 Å². The van der Waals surface area contributed by atoms with Gasteiger partial charge in [0.2, 0.25) is 0 Å². The summed E-state index contributed by atoms with van der Waals surface area (Å²) in [6.07, 6.45) is 8.06. The molecule has 0 saturated carbocycles. The fourth-order valence-corrected chi connectivity index (χ4v) is 2.98. The second-order valence-corrected chi connectivity index (χ2v) is 6.18. The van der Waals surface area contributed by atoms with Gasteiger partial charge in [0, 0.05) is 43.5 Å². The molecule has 114 valence electrons. The molecule has 4 heteroatoms. The van der Waals surface area contributed by atoms with Gasteiger partial charge in [-0.2, -0.15) is 0 Å². The van der Waals surface area contributed by atoms with Gasteiger partial charge in [-0.3, -0.25) is 0 Å². The highest BCUT2D eigenvalue weighted by Crippen LogP contribution is 2.22. The molecule has 0 amide bonds. The Balaban J connectivity index is 1.77. The molecule has 0 radical (unpaired) electrons. The third kappa shape index (κ3) is 3.44. The molecule has 0 aliphatic carbocycles. The van der Waals surface area contributed by atoms with Gasteiger partial charge in [0.05, 0.1) is 6.10 Å². The van der Waals surface area contributed by atoms with E-state index < -0.39 is 0 Å². The Bertz CT molecular complexity index is 585. The van der Waals surface area contributed by atoms with Crippen LogP contribution in [0.5, 0.6) is 0 Å². The number of nitrogens with zero attached hydrogens (tertiary/aromatic N) is 2. The zero-order valence-corrected chi connectivity index (χ0v) is 13.0. The van der Waals surface area contributed by atoms with Gasteiger partial charge in [0.25, 0.3) is 0 Å². The van der Waals surface area contributed by atoms with Crippen LogP contribution in [0.3, 0.4) is 0 Å². The van der Waals surface area contributed by atoms with E-state index in [0.717, 1.165) is 31.8 Å². The topological polar surface area (TPSA) is 39.1 Å². The predicted octanol–water partition coefficient (Wildman–Crippen LogP) is 3.10. The van der Waals surface area contributed by atoms with Crippen LogP contribution in [0.15, 0.2) is 24.5 Å². The summed E-state index contributed by atoms with van der Waals surface area (Å²) < 4.78 is 8.01. The molecule has 0 spiro atoms. The van der Waals surface area contributed by atoms with Gasteiger partial charge < -0.3 is 14.6 Å². The number of pyridine rings is 1. The van der Waals surface area contributed by atoms with Crippen molar-refractivity contribution in [2.45, 2.75) is 58.3 Å². The standard InChI is InChI=1S/C17H25N3O/c1-13(2)19-11-14-12-20(9-7-15-5-4-10-21-15)17-16(14)6-3-8-18-17/h3,6,8,12-13,15,19H,4-5,7,9-11H2,1-2H3. The monoisotopic (exact) mass is 287 g/mol. The fourth-order valence-electron chi connectivity index (χ4n) is 2.98. The highest BCUT2D eigenvalue weighted by atomic mass is 16.5. The predicted molar refractivity (Wildman–Crippen MR) is 85.3 cm³/mol. The Morgan fingerprint density at radius 3 is 3.14 bits per heavy atom. The zero-order valence-electron chi connectivity index (χ0n) is 13.0. The second-order valence-electron chi connectivity index (χ2n) is 6.18. The van der Waals surface area contributed by atoms with E-state index in [2.05, 4.69) is 41.0 Å². The zero-order chi connectivity index (χ0) is 14.7. The number of rotatable bonds is 6. The molecule has 2 aromatic heterocycles. The number of ether oxygens (including phenoxy) is 1. The van der Waals surface area contributed by atoms with Crippen molar-refractivity contribution in [2.24, 2.45) is 0 Å². The summed E-state index contributed by atoms with van der Waals surface area (Å²) in [5.41, 5.74) is 2.43.